The molecule has 0 saturated carbocycles. The van der Waals surface area contributed by atoms with E-state index < -0.39 is 5.97 Å². The topological polar surface area (TPSA) is 106 Å². The van der Waals surface area contributed by atoms with Gasteiger partial charge in [-0.25, -0.2) is 0 Å². The molecule has 2 aliphatic rings. The SMILES string of the molecule is O=Nc1ccc2c(-c3ccc(OCCCCC(=O)O)cc3)c3ccc(=O)cc-3oc2c1. The molecular weight excluding hydrogens is 398 g/mol. The van der Waals surface area contributed by atoms with Gasteiger partial charge in [0.15, 0.2) is 5.43 Å². The van der Waals surface area contributed by atoms with E-state index in [1.54, 1.807) is 24.3 Å². The number of unbranched alkanes of at least 4 members (excludes halogenated alkanes) is 1. The zero-order valence-electron chi connectivity index (χ0n) is 16.5. The summed E-state index contributed by atoms with van der Waals surface area (Å²) >= 11 is 0. The average Bonchev–Trinajstić information content (AvgIpc) is 2.77. The van der Waals surface area contributed by atoms with Crippen molar-refractivity contribution >= 4 is 22.6 Å². The Morgan fingerprint density at radius 3 is 2.55 bits per heavy atom. The molecule has 4 rings (SSSR count). The Labute approximate surface area is 177 Å². The van der Waals surface area contributed by atoms with Gasteiger partial charge in [0.1, 0.15) is 22.8 Å². The zero-order chi connectivity index (χ0) is 21.8. The van der Waals surface area contributed by atoms with Gasteiger partial charge < -0.3 is 14.3 Å². The molecular formula is C24H19NO6. The lowest BCUT2D eigenvalue weighted by molar-refractivity contribution is -0.137. The number of hydrogen-bond donors (Lipinski definition) is 1. The highest BCUT2D eigenvalue weighted by molar-refractivity contribution is 6.02. The fraction of sp³-hybridized carbons (Fsp3) is 0.167. The third-order valence-electron chi connectivity index (χ3n) is 4.98. The predicted octanol–water partition coefficient (Wildman–Crippen LogP) is 5.60. The molecule has 0 saturated heterocycles. The summed E-state index contributed by atoms with van der Waals surface area (Å²) in [4.78, 5) is 33.3. The van der Waals surface area contributed by atoms with Gasteiger partial charge in [-0.05, 0) is 60.0 Å². The minimum atomic E-state index is -0.807. The number of carboxylic acid groups (broad SMARTS) is 1. The highest BCUT2D eigenvalue weighted by Gasteiger charge is 2.17. The van der Waals surface area contributed by atoms with Crippen LogP contribution in [0.4, 0.5) is 5.69 Å². The van der Waals surface area contributed by atoms with Crippen LogP contribution in [-0.2, 0) is 4.79 Å². The summed E-state index contributed by atoms with van der Waals surface area (Å²) in [6.07, 6.45) is 1.36. The highest BCUT2D eigenvalue weighted by Crippen LogP contribution is 2.41. The van der Waals surface area contributed by atoms with Crippen molar-refractivity contribution in [1.29, 1.82) is 0 Å². The Morgan fingerprint density at radius 2 is 1.81 bits per heavy atom. The second-order valence-electron chi connectivity index (χ2n) is 7.13. The zero-order valence-corrected chi connectivity index (χ0v) is 16.5. The van der Waals surface area contributed by atoms with Crippen LogP contribution in [0.1, 0.15) is 19.3 Å². The number of carbonyl (C=O) groups is 1. The Bertz CT molecular complexity index is 1280. The van der Waals surface area contributed by atoms with E-state index >= 15 is 0 Å². The fourth-order valence-electron chi connectivity index (χ4n) is 3.51. The Morgan fingerprint density at radius 1 is 1.00 bits per heavy atom. The standard InChI is InChI=1S/C24H19NO6/c26-17-7-11-20-22(14-17)31-21-13-16(25-29)6-10-19(21)24(20)15-4-8-18(9-5-15)30-12-2-1-3-23(27)28/h4-11,13-14H,1-3,12H2,(H,27,28). The molecule has 0 unspecified atom stereocenters. The van der Waals surface area contributed by atoms with E-state index in [1.807, 2.05) is 24.3 Å². The molecule has 2 aromatic carbocycles. The summed E-state index contributed by atoms with van der Waals surface area (Å²) in [5, 5.41) is 12.4. The van der Waals surface area contributed by atoms with Crippen LogP contribution in [0, 0.1) is 4.91 Å². The predicted molar refractivity (Wildman–Crippen MR) is 117 cm³/mol. The first-order chi connectivity index (χ1) is 15.0. The van der Waals surface area contributed by atoms with Crippen LogP contribution in [0.2, 0.25) is 0 Å². The molecule has 0 bridgehead atoms. The number of rotatable bonds is 8. The number of fused-ring (bicyclic) bond motifs is 2. The molecule has 7 nitrogen and oxygen atoms in total. The smallest absolute Gasteiger partial charge is 0.303 e. The molecule has 0 atom stereocenters. The lowest BCUT2D eigenvalue weighted by Crippen LogP contribution is -2.01. The minimum absolute atomic E-state index is 0.133. The summed E-state index contributed by atoms with van der Waals surface area (Å²) in [6, 6.07) is 17.1. The average molecular weight is 417 g/mol. The maximum absolute atomic E-state index is 11.8. The van der Waals surface area contributed by atoms with Gasteiger partial charge in [-0.1, -0.05) is 12.1 Å². The van der Waals surface area contributed by atoms with Gasteiger partial charge in [0.05, 0.1) is 6.61 Å². The van der Waals surface area contributed by atoms with Crippen molar-refractivity contribution in [2.45, 2.75) is 19.3 Å². The quantitative estimate of drug-likeness (QED) is 0.227. The van der Waals surface area contributed by atoms with Crippen molar-refractivity contribution in [1.82, 2.24) is 0 Å². The number of aliphatic carboxylic acids is 1. The summed E-state index contributed by atoms with van der Waals surface area (Å²) < 4.78 is 11.6. The van der Waals surface area contributed by atoms with E-state index in [2.05, 4.69) is 5.18 Å². The molecule has 1 aliphatic carbocycles. The van der Waals surface area contributed by atoms with Gasteiger partial charge in [0.25, 0.3) is 0 Å². The van der Waals surface area contributed by atoms with E-state index in [0.29, 0.717) is 36.5 Å². The van der Waals surface area contributed by atoms with Gasteiger partial charge in [-0.2, -0.15) is 0 Å². The van der Waals surface area contributed by atoms with Gasteiger partial charge >= 0.3 is 5.97 Å². The van der Waals surface area contributed by atoms with Gasteiger partial charge in [0, 0.05) is 35.1 Å². The molecule has 0 amide bonds. The van der Waals surface area contributed by atoms with Crippen molar-refractivity contribution < 1.29 is 19.1 Å². The summed E-state index contributed by atoms with van der Waals surface area (Å²) in [6.45, 7) is 0.441. The molecule has 0 aromatic heterocycles. The first-order valence-electron chi connectivity index (χ1n) is 9.84. The van der Waals surface area contributed by atoms with E-state index in [0.717, 1.165) is 22.1 Å². The molecule has 7 heteroatoms. The van der Waals surface area contributed by atoms with Crippen molar-refractivity contribution in [2.75, 3.05) is 6.61 Å². The maximum atomic E-state index is 11.8. The third-order valence-corrected chi connectivity index (χ3v) is 4.98. The Kier molecular flexibility index (Phi) is 5.75. The monoisotopic (exact) mass is 417 g/mol. The molecule has 156 valence electrons. The number of ether oxygens (including phenoxy) is 1. The molecule has 2 aromatic rings. The van der Waals surface area contributed by atoms with Crippen molar-refractivity contribution in [2.24, 2.45) is 5.18 Å². The van der Waals surface area contributed by atoms with E-state index in [-0.39, 0.29) is 17.5 Å². The lowest BCUT2D eigenvalue weighted by Gasteiger charge is -2.15. The van der Waals surface area contributed by atoms with Crippen molar-refractivity contribution in [3.63, 3.8) is 0 Å². The molecule has 0 fully saturated rings. The molecule has 1 heterocycles. The van der Waals surface area contributed by atoms with Crippen molar-refractivity contribution in [3.05, 3.63) is 75.8 Å². The van der Waals surface area contributed by atoms with Crippen LogP contribution in [0.5, 0.6) is 5.75 Å². The summed E-state index contributed by atoms with van der Waals surface area (Å²) in [5.74, 6) is 0.304. The Balaban J connectivity index is 1.68. The van der Waals surface area contributed by atoms with Gasteiger partial charge in [0.2, 0.25) is 0 Å². The van der Waals surface area contributed by atoms with Crippen LogP contribution in [0.25, 0.3) is 33.4 Å². The van der Waals surface area contributed by atoms with Crippen molar-refractivity contribution in [3.8, 4) is 28.2 Å². The molecule has 1 N–H and O–H groups in total. The molecule has 1 aliphatic heterocycles. The first kappa shape index (κ1) is 20.3. The second-order valence-corrected chi connectivity index (χ2v) is 7.13. The molecule has 0 radical (unpaired) electrons. The van der Waals surface area contributed by atoms with Gasteiger partial charge in [-0.3, -0.25) is 9.59 Å². The minimum Gasteiger partial charge on any atom is -0.494 e. The molecule has 0 spiro atoms. The third kappa shape index (κ3) is 4.45. The second kappa shape index (κ2) is 8.79. The largest absolute Gasteiger partial charge is 0.494 e. The number of carboxylic acids is 1. The summed E-state index contributed by atoms with van der Waals surface area (Å²) in [7, 11) is 0. The van der Waals surface area contributed by atoms with Crippen LogP contribution >= 0.6 is 0 Å². The number of nitroso groups, excluding NO2 is 1. The van der Waals surface area contributed by atoms with E-state index in [1.165, 1.54) is 12.1 Å². The van der Waals surface area contributed by atoms with Crippen LogP contribution in [0.15, 0.2) is 75.1 Å². The maximum Gasteiger partial charge on any atom is 0.303 e. The number of hydrogen-bond acceptors (Lipinski definition) is 6. The first-order valence-corrected chi connectivity index (χ1v) is 9.84. The van der Waals surface area contributed by atoms with Crippen LogP contribution in [-0.4, -0.2) is 17.7 Å². The summed E-state index contributed by atoms with van der Waals surface area (Å²) in [5.41, 5.74) is 3.09. The fourth-order valence-corrected chi connectivity index (χ4v) is 3.51. The molecule has 31 heavy (non-hydrogen) atoms. The number of nitrogens with zero attached hydrogens (tertiary/aromatic N) is 1. The van der Waals surface area contributed by atoms with Crippen LogP contribution < -0.4 is 10.2 Å². The highest BCUT2D eigenvalue weighted by atomic mass is 16.5. The number of benzene rings is 3. The van der Waals surface area contributed by atoms with Crippen LogP contribution in [0.3, 0.4) is 0 Å². The van der Waals surface area contributed by atoms with Gasteiger partial charge in [-0.15, -0.1) is 4.91 Å². The van der Waals surface area contributed by atoms with E-state index in [9.17, 15) is 14.5 Å². The van der Waals surface area contributed by atoms with E-state index in [4.69, 9.17) is 14.3 Å². The Hall–Kier alpha value is -4.00. The lowest BCUT2D eigenvalue weighted by atomic mass is 9.93. The normalized spacial score (nSPS) is 11.0.